The topological polar surface area (TPSA) is 18.5 Å². The van der Waals surface area contributed by atoms with Crippen LogP contribution in [0.1, 0.15) is 31.4 Å². The summed E-state index contributed by atoms with van der Waals surface area (Å²) in [6.45, 7) is 9.34. The van der Waals surface area contributed by atoms with Crippen molar-refractivity contribution in [2.45, 2.75) is 31.8 Å². The maximum absolute atomic E-state index is 3.64. The number of rotatable bonds is 6. The average Bonchev–Trinajstić information content (AvgIpc) is 3.33. The fourth-order valence-electron chi connectivity index (χ4n) is 3.23. The molecule has 3 heteroatoms. The van der Waals surface area contributed by atoms with Gasteiger partial charge in [-0.05, 0) is 24.9 Å². The number of nitrogens with zero attached hydrogens (tertiary/aromatic N) is 2. The highest BCUT2D eigenvalue weighted by molar-refractivity contribution is 5.19. The third kappa shape index (κ3) is 3.60. The van der Waals surface area contributed by atoms with Crippen molar-refractivity contribution in [2.75, 3.05) is 39.3 Å². The van der Waals surface area contributed by atoms with Crippen LogP contribution in [0, 0.1) is 0 Å². The molecule has 1 aliphatic heterocycles. The molecule has 1 aliphatic carbocycles. The first-order valence-corrected chi connectivity index (χ1v) is 8.11. The van der Waals surface area contributed by atoms with Gasteiger partial charge in [0.2, 0.25) is 0 Å². The summed E-state index contributed by atoms with van der Waals surface area (Å²) in [6, 6.07) is 12.3. The van der Waals surface area contributed by atoms with E-state index in [2.05, 4.69) is 52.4 Å². The minimum Gasteiger partial charge on any atom is -0.309 e. The second-order valence-electron chi connectivity index (χ2n) is 6.09. The molecule has 110 valence electrons. The molecule has 0 radical (unpaired) electrons. The summed E-state index contributed by atoms with van der Waals surface area (Å²) in [5, 5.41) is 3.64. The molecule has 3 rings (SSSR count). The van der Waals surface area contributed by atoms with Crippen LogP contribution in [-0.2, 0) is 0 Å². The van der Waals surface area contributed by atoms with E-state index in [1.54, 1.807) is 0 Å². The minimum atomic E-state index is 0.466. The zero-order valence-corrected chi connectivity index (χ0v) is 12.6. The van der Waals surface area contributed by atoms with E-state index in [1.807, 2.05) is 0 Å². The van der Waals surface area contributed by atoms with Crippen LogP contribution in [0.4, 0.5) is 0 Å². The Kier molecular flexibility index (Phi) is 4.71. The molecule has 1 unspecified atom stereocenters. The molecule has 1 heterocycles. The van der Waals surface area contributed by atoms with E-state index in [9.17, 15) is 0 Å². The third-order valence-electron chi connectivity index (χ3n) is 4.56. The normalized spacial score (nSPS) is 22.9. The Balaban J connectivity index is 1.54. The molecular weight excluding hydrogens is 246 g/mol. The Morgan fingerprint density at radius 1 is 1.10 bits per heavy atom. The van der Waals surface area contributed by atoms with E-state index in [-0.39, 0.29) is 0 Å². The Hall–Kier alpha value is -0.900. The molecule has 1 aromatic rings. The van der Waals surface area contributed by atoms with Crippen LogP contribution in [0.15, 0.2) is 30.3 Å². The van der Waals surface area contributed by atoms with E-state index in [4.69, 9.17) is 0 Å². The van der Waals surface area contributed by atoms with Crippen LogP contribution in [0.3, 0.4) is 0 Å². The average molecular weight is 273 g/mol. The van der Waals surface area contributed by atoms with E-state index in [1.165, 1.54) is 44.6 Å². The minimum absolute atomic E-state index is 0.466. The highest BCUT2D eigenvalue weighted by Crippen LogP contribution is 2.27. The standard InChI is InChI=1S/C17H27N3/c1-2-18-17(15-6-4-3-5-7-15)14-19-10-12-20(13-11-19)16-8-9-16/h3-7,16-18H,2,8-14H2,1H3. The highest BCUT2D eigenvalue weighted by Gasteiger charge is 2.31. The predicted octanol–water partition coefficient (Wildman–Crippen LogP) is 2.12. The number of piperazine rings is 1. The number of hydrogen-bond acceptors (Lipinski definition) is 3. The molecule has 1 aromatic carbocycles. The van der Waals surface area contributed by atoms with Gasteiger partial charge in [-0.25, -0.2) is 0 Å². The molecule has 0 aromatic heterocycles. The zero-order valence-electron chi connectivity index (χ0n) is 12.6. The molecule has 1 N–H and O–H groups in total. The lowest BCUT2D eigenvalue weighted by Gasteiger charge is -2.36. The number of hydrogen-bond donors (Lipinski definition) is 1. The maximum atomic E-state index is 3.64. The first-order chi connectivity index (χ1) is 9.86. The summed E-state index contributed by atoms with van der Waals surface area (Å²) in [6.07, 6.45) is 2.87. The summed E-state index contributed by atoms with van der Waals surface area (Å²) in [7, 11) is 0. The van der Waals surface area contributed by atoms with Gasteiger partial charge in [0, 0.05) is 44.8 Å². The Bertz CT molecular complexity index is 394. The lowest BCUT2D eigenvalue weighted by atomic mass is 10.1. The molecule has 1 saturated carbocycles. The van der Waals surface area contributed by atoms with Crippen molar-refractivity contribution in [1.29, 1.82) is 0 Å². The van der Waals surface area contributed by atoms with Crippen LogP contribution in [-0.4, -0.2) is 55.1 Å². The number of nitrogens with one attached hydrogen (secondary N) is 1. The van der Waals surface area contributed by atoms with Gasteiger partial charge in [-0.2, -0.15) is 0 Å². The molecule has 0 spiro atoms. The molecule has 1 saturated heterocycles. The molecule has 3 nitrogen and oxygen atoms in total. The molecular formula is C17H27N3. The van der Waals surface area contributed by atoms with Gasteiger partial charge in [0.15, 0.2) is 0 Å². The lowest BCUT2D eigenvalue weighted by molar-refractivity contribution is 0.118. The van der Waals surface area contributed by atoms with Gasteiger partial charge >= 0.3 is 0 Å². The fourth-order valence-corrected chi connectivity index (χ4v) is 3.23. The first-order valence-electron chi connectivity index (χ1n) is 8.11. The summed E-state index contributed by atoms with van der Waals surface area (Å²) in [5.74, 6) is 0. The molecule has 2 aliphatic rings. The Morgan fingerprint density at radius 2 is 1.80 bits per heavy atom. The predicted molar refractivity (Wildman–Crippen MR) is 83.9 cm³/mol. The molecule has 0 bridgehead atoms. The Morgan fingerprint density at radius 3 is 2.40 bits per heavy atom. The monoisotopic (exact) mass is 273 g/mol. The van der Waals surface area contributed by atoms with Gasteiger partial charge in [0.1, 0.15) is 0 Å². The van der Waals surface area contributed by atoms with Crippen molar-refractivity contribution in [3.63, 3.8) is 0 Å². The van der Waals surface area contributed by atoms with Crippen LogP contribution in [0.5, 0.6) is 0 Å². The largest absolute Gasteiger partial charge is 0.309 e. The van der Waals surface area contributed by atoms with Crippen molar-refractivity contribution >= 4 is 0 Å². The van der Waals surface area contributed by atoms with E-state index in [0.29, 0.717) is 6.04 Å². The smallest absolute Gasteiger partial charge is 0.0449 e. The number of benzene rings is 1. The van der Waals surface area contributed by atoms with Gasteiger partial charge in [0.25, 0.3) is 0 Å². The zero-order chi connectivity index (χ0) is 13.8. The molecule has 0 amide bonds. The van der Waals surface area contributed by atoms with Crippen molar-refractivity contribution in [2.24, 2.45) is 0 Å². The quantitative estimate of drug-likeness (QED) is 0.856. The van der Waals surface area contributed by atoms with Crippen molar-refractivity contribution in [1.82, 2.24) is 15.1 Å². The van der Waals surface area contributed by atoms with Crippen molar-refractivity contribution in [3.8, 4) is 0 Å². The van der Waals surface area contributed by atoms with Gasteiger partial charge < -0.3 is 5.32 Å². The van der Waals surface area contributed by atoms with Crippen LogP contribution < -0.4 is 5.32 Å². The van der Waals surface area contributed by atoms with Crippen LogP contribution in [0.2, 0.25) is 0 Å². The van der Waals surface area contributed by atoms with Gasteiger partial charge in [0.05, 0.1) is 0 Å². The van der Waals surface area contributed by atoms with E-state index < -0.39 is 0 Å². The van der Waals surface area contributed by atoms with Crippen LogP contribution in [0.25, 0.3) is 0 Å². The van der Waals surface area contributed by atoms with Gasteiger partial charge in [-0.3, -0.25) is 9.80 Å². The Labute approximate surface area is 123 Å². The van der Waals surface area contributed by atoms with E-state index >= 15 is 0 Å². The third-order valence-corrected chi connectivity index (χ3v) is 4.56. The fraction of sp³-hybridized carbons (Fsp3) is 0.647. The number of likely N-dealkylation sites (N-methyl/N-ethyl adjacent to an activating group) is 1. The summed E-state index contributed by atoms with van der Waals surface area (Å²) in [5.41, 5.74) is 1.42. The summed E-state index contributed by atoms with van der Waals surface area (Å²) >= 11 is 0. The van der Waals surface area contributed by atoms with Crippen LogP contribution >= 0.6 is 0 Å². The van der Waals surface area contributed by atoms with Crippen molar-refractivity contribution in [3.05, 3.63) is 35.9 Å². The second kappa shape index (κ2) is 6.70. The first kappa shape index (κ1) is 14.1. The highest BCUT2D eigenvalue weighted by atomic mass is 15.3. The lowest BCUT2D eigenvalue weighted by Crippen LogP contribution is -2.49. The molecule has 2 fully saturated rings. The summed E-state index contributed by atoms with van der Waals surface area (Å²) in [4.78, 5) is 5.31. The molecule has 1 atom stereocenters. The SMILES string of the molecule is CCNC(CN1CCN(C2CC2)CC1)c1ccccc1. The van der Waals surface area contributed by atoms with E-state index in [0.717, 1.165) is 19.1 Å². The maximum Gasteiger partial charge on any atom is 0.0449 e. The van der Waals surface area contributed by atoms with Gasteiger partial charge in [-0.1, -0.05) is 37.3 Å². The summed E-state index contributed by atoms with van der Waals surface area (Å²) < 4.78 is 0. The van der Waals surface area contributed by atoms with Gasteiger partial charge in [-0.15, -0.1) is 0 Å². The molecule has 20 heavy (non-hydrogen) atoms. The van der Waals surface area contributed by atoms with Crippen molar-refractivity contribution < 1.29 is 0 Å². The second-order valence-corrected chi connectivity index (χ2v) is 6.09.